The highest BCUT2D eigenvalue weighted by atomic mass is 35.5. The molecule has 0 amide bonds. The van der Waals surface area contributed by atoms with E-state index in [1.54, 1.807) is 0 Å². The van der Waals surface area contributed by atoms with Gasteiger partial charge in [-0.25, -0.2) is 0 Å². The van der Waals surface area contributed by atoms with E-state index >= 15 is 0 Å². The number of aromatic hydroxyl groups is 1. The standard InChI is InChI=1S/C21H18Cl2N2O2/c22-16-7-4-8-17(23)15(16)12-25-10-9-24-13-20(27)19(26)11-18(24)21(25)14-5-2-1-3-6-14/h1-8,11,13,21,27H,9-10,12H2. The quantitative estimate of drug-likeness (QED) is 0.705. The molecule has 0 saturated carbocycles. The molecular weight excluding hydrogens is 383 g/mol. The van der Waals surface area contributed by atoms with Crippen molar-refractivity contribution in [2.24, 2.45) is 0 Å². The maximum Gasteiger partial charge on any atom is 0.223 e. The van der Waals surface area contributed by atoms with Crippen LogP contribution < -0.4 is 5.43 Å². The lowest BCUT2D eigenvalue weighted by Crippen LogP contribution is -2.39. The first kappa shape index (κ1) is 18.1. The smallest absolute Gasteiger partial charge is 0.223 e. The fraction of sp³-hybridized carbons (Fsp3) is 0.190. The molecule has 0 aliphatic carbocycles. The predicted octanol–water partition coefficient (Wildman–Crippen LogP) is 4.47. The van der Waals surface area contributed by atoms with Gasteiger partial charge in [-0.1, -0.05) is 59.6 Å². The van der Waals surface area contributed by atoms with Gasteiger partial charge in [-0.3, -0.25) is 9.69 Å². The Morgan fingerprint density at radius 3 is 2.41 bits per heavy atom. The number of hydrogen-bond acceptors (Lipinski definition) is 3. The van der Waals surface area contributed by atoms with Crippen LogP contribution in [0.4, 0.5) is 0 Å². The van der Waals surface area contributed by atoms with Gasteiger partial charge in [0, 0.05) is 47.0 Å². The zero-order valence-electron chi connectivity index (χ0n) is 14.5. The van der Waals surface area contributed by atoms with E-state index in [2.05, 4.69) is 4.90 Å². The Kier molecular flexibility index (Phi) is 4.96. The summed E-state index contributed by atoms with van der Waals surface area (Å²) in [5.41, 5.74) is 2.41. The van der Waals surface area contributed by atoms with Crippen molar-refractivity contribution in [3.63, 3.8) is 0 Å². The van der Waals surface area contributed by atoms with Crippen molar-refractivity contribution >= 4 is 23.2 Å². The Bertz CT molecular complexity index is 1010. The molecule has 1 N–H and O–H groups in total. The Hall–Kier alpha value is -2.27. The topological polar surface area (TPSA) is 45.5 Å². The maximum atomic E-state index is 12.1. The highest BCUT2D eigenvalue weighted by molar-refractivity contribution is 6.35. The Morgan fingerprint density at radius 2 is 1.70 bits per heavy atom. The number of nitrogens with zero attached hydrogens (tertiary/aromatic N) is 2. The number of halogens is 2. The lowest BCUT2D eigenvalue weighted by Gasteiger charge is -2.38. The lowest BCUT2D eigenvalue weighted by molar-refractivity contribution is 0.172. The van der Waals surface area contributed by atoms with Crippen LogP contribution in [-0.4, -0.2) is 21.1 Å². The molecule has 1 unspecified atom stereocenters. The maximum absolute atomic E-state index is 12.1. The summed E-state index contributed by atoms with van der Waals surface area (Å²) in [5, 5.41) is 11.1. The molecule has 6 heteroatoms. The van der Waals surface area contributed by atoms with Gasteiger partial charge in [0.25, 0.3) is 0 Å². The van der Waals surface area contributed by atoms with Crippen LogP contribution in [0.25, 0.3) is 0 Å². The summed E-state index contributed by atoms with van der Waals surface area (Å²) in [6.07, 6.45) is 1.52. The van der Waals surface area contributed by atoms with Gasteiger partial charge in [-0.05, 0) is 17.7 Å². The number of benzene rings is 2. The van der Waals surface area contributed by atoms with E-state index in [4.69, 9.17) is 23.2 Å². The zero-order chi connectivity index (χ0) is 19.0. The summed E-state index contributed by atoms with van der Waals surface area (Å²) in [4.78, 5) is 14.4. The van der Waals surface area contributed by atoms with Gasteiger partial charge in [0.05, 0.1) is 12.2 Å². The number of rotatable bonds is 3. The molecule has 138 valence electrons. The number of aromatic nitrogens is 1. The molecule has 1 aliphatic rings. The van der Waals surface area contributed by atoms with Crippen molar-refractivity contribution in [3.8, 4) is 5.75 Å². The SMILES string of the molecule is O=c1cc2n(cc1O)CCN(Cc1c(Cl)cccc1Cl)C2c1ccccc1. The molecule has 2 aromatic carbocycles. The van der Waals surface area contributed by atoms with Gasteiger partial charge in [0.15, 0.2) is 5.75 Å². The molecular formula is C21H18Cl2N2O2. The average Bonchev–Trinajstić information content (AvgIpc) is 2.66. The van der Waals surface area contributed by atoms with Crippen molar-refractivity contribution in [2.45, 2.75) is 19.1 Å². The number of hydrogen-bond donors (Lipinski definition) is 1. The third kappa shape index (κ3) is 3.48. The molecule has 1 atom stereocenters. The Morgan fingerprint density at radius 1 is 1.00 bits per heavy atom. The molecule has 0 bridgehead atoms. The second kappa shape index (κ2) is 7.39. The molecule has 0 saturated heterocycles. The molecule has 0 spiro atoms. The van der Waals surface area contributed by atoms with Crippen molar-refractivity contribution < 1.29 is 5.11 Å². The minimum Gasteiger partial charge on any atom is -0.503 e. The van der Waals surface area contributed by atoms with Gasteiger partial charge < -0.3 is 9.67 Å². The van der Waals surface area contributed by atoms with E-state index in [0.717, 1.165) is 23.4 Å². The van der Waals surface area contributed by atoms with E-state index in [1.165, 1.54) is 12.3 Å². The van der Waals surface area contributed by atoms with E-state index in [0.29, 0.717) is 23.1 Å². The van der Waals surface area contributed by atoms with Gasteiger partial charge in [0.2, 0.25) is 5.43 Å². The second-order valence-corrected chi connectivity index (χ2v) is 7.44. The first-order valence-corrected chi connectivity index (χ1v) is 9.45. The summed E-state index contributed by atoms with van der Waals surface area (Å²) in [6, 6.07) is 16.9. The third-order valence-corrected chi connectivity index (χ3v) is 5.66. The van der Waals surface area contributed by atoms with Gasteiger partial charge in [-0.15, -0.1) is 0 Å². The highest BCUT2D eigenvalue weighted by Crippen LogP contribution is 2.35. The average molecular weight is 401 g/mol. The monoisotopic (exact) mass is 400 g/mol. The van der Waals surface area contributed by atoms with Crippen LogP contribution in [0.2, 0.25) is 10.0 Å². The molecule has 1 aromatic heterocycles. The third-order valence-electron chi connectivity index (χ3n) is 4.95. The minimum absolute atomic E-state index is 0.138. The van der Waals surface area contributed by atoms with Crippen LogP contribution in [0.15, 0.2) is 65.6 Å². The lowest BCUT2D eigenvalue weighted by atomic mass is 9.98. The van der Waals surface area contributed by atoms with Crippen LogP contribution in [0, 0.1) is 0 Å². The summed E-state index contributed by atoms with van der Waals surface area (Å²) >= 11 is 12.8. The van der Waals surface area contributed by atoms with Crippen molar-refractivity contribution in [2.75, 3.05) is 6.54 Å². The summed E-state index contributed by atoms with van der Waals surface area (Å²) in [5.74, 6) is -0.229. The van der Waals surface area contributed by atoms with E-state index in [9.17, 15) is 9.90 Å². The molecule has 4 nitrogen and oxygen atoms in total. The number of pyridine rings is 1. The zero-order valence-corrected chi connectivity index (χ0v) is 16.0. The molecule has 2 heterocycles. The van der Waals surface area contributed by atoms with E-state index in [1.807, 2.05) is 53.1 Å². The second-order valence-electron chi connectivity index (χ2n) is 6.63. The Labute approximate surface area is 167 Å². The van der Waals surface area contributed by atoms with Crippen LogP contribution in [0.3, 0.4) is 0 Å². The number of fused-ring (bicyclic) bond motifs is 1. The van der Waals surface area contributed by atoms with Crippen molar-refractivity contribution in [1.29, 1.82) is 0 Å². The summed E-state index contributed by atoms with van der Waals surface area (Å²) < 4.78 is 1.94. The fourth-order valence-corrected chi connectivity index (χ4v) is 4.15. The van der Waals surface area contributed by atoms with Gasteiger partial charge in [0.1, 0.15) is 0 Å². The van der Waals surface area contributed by atoms with Crippen molar-refractivity contribution in [1.82, 2.24) is 9.47 Å². The molecule has 4 rings (SSSR count). The largest absolute Gasteiger partial charge is 0.503 e. The van der Waals surface area contributed by atoms with Crippen molar-refractivity contribution in [3.05, 3.63) is 97.9 Å². The van der Waals surface area contributed by atoms with Gasteiger partial charge >= 0.3 is 0 Å². The van der Waals surface area contributed by atoms with E-state index < -0.39 is 0 Å². The van der Waals surface area contributed by atoms with Crippen LogP contribution in [-0.2, 0) is 13.1 Å². The molecule has 27 heavy (non-hydrogen) atoms. The summed E-state index contributed by atoms with van der Waals surface area (Å²) in [7, 11) is 0. The first-order valence-electron chi connectivity index (χ1n) is 8.70. The van der Waals surface area contributed by atoms with Crippen LogP contribution >= 0.6 is 23.2 Å². The molecule has 0 fully saturated rings. The van der Waals surface area contributed by atoms with E-state index in [-0.39, 0.29) is 17.2 Å². The fourth-order valence-electron chi connectivity index (χ4n) is 3.63. The normalized spacial score (nSPS) is 16.9. The predicted molar refractivity (Wildman–Crippen MR) is 108 cm³/mol. The van der Waals surface area contributed by atoms with Crippen LogP contribution in [0.5, 0.6) is 5.75 Å². The highest BCUT2D eigenvalue weighted by Gasteiger charge is 2.30. The minimum atomic E-state index is -0.375. The molecule has 0 radical (unpaired) electrons. The summed E-state index contributed by atoms with van der Waals surface area (Å²) in [6.45, 7) is 1.96. The first-order chi connectivity index (χ1) is 13.0. The van der Waals surface area contributed by atoms with Crippen LogP contribution in [0.1, 0.15) is 22.9 Å². The molecule has 1 aliphatic heterocycles. The van der Waals surface area contributed by atoms with Gasteiger partial charge in [-0.2, -0.15) is 0 Å². The Balaban J connectivity index is 1.81. The molecule has 3 aromatic rings.